The molecule has 2 atom stereocenters. The summed E-state index contributed by atoms with van der Waals surface area (Å²) >= 11 is 0. The standard InChI is InChI=1S/C32H38F6N4O4/c1-3-10-41(16-20-6-4-19(5-7-20)11-27(43)44)29-26(40-25(15-39-29)21-8-9-21)17-42-18(2)28(46-30(42)45)22-12-23(31(33,34)35)14-24(13-22)32(36,37)38/h12-15,18-21,28H,3-11,16-17H2,1-2H3,(H,43,44)/t18-,19?,20?,28-/m0/s1. The van der Waals surface area contributed by atoms with Gasteiger partial charge in [-0.15, -0.1) is 0 Å². The summed E-state index contributed by atoms with van der Waals surface area (Å²) in [5.74, 6) is 0.476. The first kappa shape index (κ1) is 33.8. The molecular weight excluding hydrogens is 618 g/mol. The lowest BCUT2D eigenvalue weighted by atomic mass is 9.80. The van der Waals surface area contributed by atoms with Crippen LogP contribution in [0.2, 0.25) is 0 Å². The van der Waals surface area contributed by atoms with Gasteiger partial charge in [-0.3, -0.25) is 14.7 Å². The van der Waals surface area contributed by atoms with E-state index in [2.05, 4.69) is 4.90 Å². The number of carbonyl (C=O) groups is 2. The number of benzene rings is 1. The van der Waals surface area contributed by atoms with E-state index in [1.165, 1.54) is 11.8 Å². The fraction of sp³-hybridized carbons (Fsp3) is 0.625. The van der Waals surface area contributed by atoms with Crippen molar-refractivity contribution in [1.82, 2.24) is 14.9 Å². The van der Waals surface area contributed by atoms with Gasteiger partial charge in [0, 0.05) is 25.4 Å². The highest BCUT2D eigenvalue weighted by atomic mass is 19.4. The maximum absolute atomic E-state index is 13.6. The Bertz CT molecular complexity index is 1390. The molecule has 0 radical (unpaired) electrons. The van der Waals surface area contributed by atoms with Crippen LogP contribution in [0.1, 0.15) is 105 Å². The van der Waals surface area contributed by atoms with Gasteiger partial charge in [0.25, 0.3) is 0 Å². The van der Waals surface area contributed by atoms with Crippen LogP contribution < -0.4 is 4.90 Å². The predicted octanol–water partition coefficient (Wildman–Crippen LogP) is 7.97. The van der Waals surface area contributed by atoms with Gasteiger partial charge in [0.15, 0.2) is 5.82 Å². The molecule has 14 heteroatoms. The largest absolute Gasteiger partial charge is 0.481 e. The van der Waals surface area contributed by atoms with Crippen molar-refractivity contribution >= 4 is 17.9 Å². The first-order valence-corrected chi connectivity index (χ1v) is 15.7. The molecule has 8 nitrogen and oxygen atoms in total. The Morgan fingerprint density at radius 2 is 1.61 bits per heavy atom. The molecule has 2 heterocycles. The highest BCUT2D eigenvalue weighted by Gasteiger charge is 2.44. The smallest absolute Gasteiger partial charge is 0.416 e. The molecule has 1 aromatic carbocycles. The number of carboxylic acids is 1. The zero-order valence-electron chi connectivity index (χ0n) is 25.7. The van der Waals surface area contributed by atoms with Crippen molar-refractivity contribution in [2.45, 2.75) is 102 Å². The van der Waals surface area contributed by atoms with Crippen LogP contribution in [0.15, 0.2) is 24.4 Å². The van der Waals surface area contributed by atoms with Gasteiger partial charge in [0.2, 0.25) is 0 Å². The average molecular weight is 657 g/mol. The monoisotopic (exact) mass is 656 g/mol. The molecule has 1 amide bonds. The fourth-order valence-electron chi connectivity index (χ4n) is 6.58. The number of ether oxygens (including phenoxy) is 1. The Kier molecular flexibility index (Phi) is 9.74. The second-order valence-corrected chi connectivity index (χ2v) is 12.8. The number of aliphatic carboxylic acids is 1. The summed E-state index contributed by atoms with van der Waals surface area (Å²) in [5.41, 5.74) is -2.08. The van der Waals surface area contributed by atoms with Gasteiger partial charge in [0.05, 0.1) is 35.6 Å². The fourth-order valence-corrected chi connectivity index (χ4v) is 6.58. The first-order chi connectivity index (χ1) is 21.6. The molecule has 2 aliphatic carbocycles. The van der Waals surface area contributed by atoms with Crippen molar-refractivity contribution in [3.8, 4) is 0 Å². The van der Waals surface area contributed by atoms with Crippen LogP contribution in [0.5, 0.6) is 0 Å². The normalized spacial score (nSPS) is 23.8. The van der Waals surface area contributed by atoms with Crippen LogP contribution in [0.3, 0.4) is 0 Å². The number of hydrogen-bond donors (Lipinski definition) is 1. The first-order valence-electron chi connectivity index (χ1n) is 15.7. The number of hydrogen-bond acceptors (Lipinski definition) is 6. The van der Waals surface area contributed by atoms with Gasteiger partial charge in [-0.1, -0.05) is 6.92 Å². The van der Waals surface area contributed by atoms with Gasteiger partial charge in [-0.05, 0) is 87.5 Å². The molecule has 46 heavy (non-hydrogen) atoms. The van der Waals surface area contributed by atoms with Gasteiger partial charge >= 0.3 is 24.4 Å². The lowest BCUT2D eigenvalue weighted by Crippen LogP contribution is -2.36. The van der Waals surface area contributed by atoms with E-state index in [1.54, 1.807) is 6.20 Å². The van der Waals surface area contributed by atoms with E-state index < -0.39 is 53.3 Å². The molecule has 0 spiro atoms. The number of carboxylic acid groups (broad SMARTS) is 1. The SMILES string of the molecule is CCCN(CC1CCC(CC(=O)O)CC1)c1ncc(C2CC2)nc1CN1C(=O)O[C@H](c2cc(C(F)(F)F)cc(C(F)(F)F)c2)[C@@H]1C. The van der Waals surface area contributed by atoms with E-state index in [9.17, 15) is 35.9 Å². The molecule has 0 unspecified atom stereocenters. The Labute approximate surface area is 263 Å². The van der Waals surface area contributed by atoms with Crippen LogP contribution >= 0.6 is 0 Å². The van der Waals surface area contributed by atoms with E-state index in [0.717, 1.165) is 50.6 Å². The zero-order valence-corrected chi connectivity index (χ0v) is 25.7. The van der Waals surface area contributed by atoms with Crippen molar-refractivity contribution in [1.29, 1.82) is 0 Å². The predicted molar refractivity (Wildman–Crippen MR) is 155 cm³/mol. The van der Waals surface area contributed by atoms with Crippen LogP contribution in [0.25, 0.3) is 0 Å². The average Bonchev–Trinajstić information content (AvgIpc) is 3.79. The van der Waals surface area contributed by atoms with Gasteiger partial charge in [-0.25, -0.2) is 9.78 Å². The third kappa shape index (κ3) is 7.86. The summed E-state index contributed by atoms with van der Waals surface area (Å²) < 4.78 is 86.8. The molecule has 1 saturated heterocycles. The minimum atomic E-state index is -5.03. The molecule has 5 rings (SSSR count). The maximum Gasteiger partial charge on any atom is 0.416 e. The molecule has 1 N–H and O–H groups in total. The van der Waals surface area contributed by atoms with E-state index in [4.69, 9.17) is 19.8 Å². The number of alkyl halides is 6. The van der Waals surface area contributed by atoms with E-state index in [1.807, 2.05) is 6.92 Å². The molecule has 3 fully saturated rings. The minimum absolute atomic E-state index is 0.0505. The van der Waals surface area contributed by atoms with Crippen molar-refractivity contribution in [2.24, 2.45) is 11.8 Å². The molecule has 1 aliphatic heterocycles. The zero-order chi connectivity index (χ0) is 33.4. The quantitative estimate of drug-likeness (QED) is 0.245. The van der Waals surface area contributed by atoms with Gasteiger partial charge < -0.3 is 14.7 Å². The van der Waals surface area contributed by atoms with E-state index in [-0.39, 0.29) is 30.9 Å². The Morgan fingerprint density at radius 1 is 1.00 bits per heavy atom. The molecule has 1 aromatic heterocycles. The third-order valence-electron chi connectivity index (χ3n) is 9.19. The number of rotatable bonds is 11. The summed E-state index contributed by atoms with van der Waals surface area (Å²) in [6.45, 7) is 4.77. The summed E-state index contributed by atoms with van der Waals surface area (Å²) in [7, 11) is 0. The highest BCUT2D eigenvalue weighted by Crippen LogP contribution is 2.43. The topological polar surface area (TPSA) is 95.9 Å². The molecule has 252 valence electrons. The Hall–Kier alpha value is -3.58. The van der Waals surface area contributed by atoms with Gasteiger partial charge in [0.1, 0.15) is 11.8 Å². The summed E-state index contributed by atoms with van der Waals surface area (Å²) in [5, 5.41) is 9.17. The number of halogens is 6. The molecule has 2 saturated carbocycles. The number of amides is 1. The second-order valence-electron chi connectivity index (χ2n) is 12.8. The van der Waals surface area contributed by atoms with Crippen LogP contribution in [-0.4, -0.2) is 51.2 Å². The maximum atomic E-state index is 13.6. The number of nitrogens with zero attached hydrogens (tertiary/aromatic N) is 4. The van der Waals surface area contributed by atoms with Gasteiger partial charge in [-0.2, -0.15) is 26.3 Å². The Morgan fingerprint density at radius 3 is 2.15 bits per heavy atom. The highest BCUT2D eigenvalue weighted by molar-refractivity contribution is 5.71. The summed E-state index contributed by atoms with van der Waals surface area (Å²) in [6.07, 6.45) is -4.34. The lowest BCUT2D eigenvalue weighted by Gasteiger charge is -2.34. The number of anilines is 1. The molecule has 0 bridgehead atoms. The third-order valence-corrected chi connectivity index (χ3v) is 9.19. The van der Waals surface area contributed by atoms with Crippen LogP contribution in [0, 0.1) is 11.8 Å². The number of carbonyl (C=O) groups excluding carboxylic acids is 1. The van der Waals surface area contributed by atoms with Crippen molar-refractivity contribution in [2.75, 3.05) is 18.0 Å². The Balaban J connectivity index is 1.40. The van der Waals surface area contributed by atoms with Crippen molar-refractivity contribution in [3.05, 3.63) is 52.5 Å². The lowest BCUT2D eigenvalue weighted by molar-refractivity contribution is -0.143. The van der Waals surface area contributed by atoms with E-state index >= 15 is 0 Å². The summed E-state index contributed by atoms with van der Waals surface area (Å²) in [4.78, 5) is 37.4. The minimum Gasteiger partial charge on any atom is -0.481 e. The van der Waals surface area contributed by atoms with Crippen molar-refractivity contribution < 1.29 is 45.8 Å². The summed E-state index contributed by atoms with van der Waals surface area (Å²) in [6, 6.07) is 0.343. The van der Waals surface area contributed by atoms with Crippen molar-refractivity contribution in [3.63, 3.8) is 0 Å². The van der Waals surface area contributed by atoms with Crippen LogP contribution in [-0.2, 0) is 28.4 Å². The second kappa shape index (κ2) is 13.3. The van der Waals surface area contributed by atoms with Crippen LogP contribution in [0.4, 0.5) is 37.0 Å². The molecule has 3 aliphatic rings. The number of aromatic nitrogens is 2. The molecule has 2 aromatic rings. The number of cyclic esters (lactones) is 1. The molecular formula is C32H38F6N4O4. The van der Waals surface area contributed by atoms with E-state index in [0.29, 0.717) is 42.7 Å².